The molecular weight excluding hydrogens is 420 g/mol. The van der Waals surface area contributed by atoms with Gasteiger partial charge in [0.2, 0.25) is 0 Å². The number of carbonyl (C=O) groups excluding carboxylic acids is 1. The predicted octanol–water partition coefficient (Wildman–Crippen LogP) is 6.28. The maximum atomic E-state index is 11.9. The van der Waals surface area contributed by atoms with Crippen molar-refractivity contribution in [3.8, 4) is 0 Å². The molecule has 33 heavy (non-hydrogen) atoms. The topological polar surface area (TPSA) is 97.4 Å². The van der Waals surface area contributed by atoms with E-state index in [9.17, 15) is 14.9 Å². The van der Waals surface area contributed by atoms with Gasteiger partial charge in [-0.1, -0.05) is 29.8 Å². The Kier molecular flexibility index (Phi) is 8.24. The molecule has 3 rings (SSSR count). The Morgan fingerprint density at radius 1 is 0.939 bits per heavy atom. The monoisotopic (exact) mass is 446 g/mol. The van der Waals surface area contributed by atoms with Gasteiger partial charge in [-0.25, -0.2) is 0 Å². The summed E-state index contributed by atoms with van der Waals surface area (Å²) in [6.07, 6.45) is 0.293. The summed E-state index contributed by atoms with van der Waals surface area (Å²) in [4.78, 5) is 24.3. The first-order valence-corrected chi connectivity index (χ1v) is 10.7. The summed E-state index contributed by atoms with van der Waals surface area (Å²) in [6.45, 7) is 5.39. The fraction of sp³-hybridized carbons (Fsp3) is 0.240. The lowest BCUT2D eigenvalue weighted by molar-refractivity contribution is -0.384. The maximum Gasteiger partial charge on any atom is 0.307 e. The van der Waals surface area contributed by atoms with E-state index >= 15 is 0 Å². The van der Waals surface area contributed by atoms with Crippen LogP contribution in [0.2, 0.25) is 0 Å². The number of carbonyl (C=O) groups is 1. The van der Waals surface area contributed by atoms with Crippen molar-refractivity contribution < 1.29 is 14.5 Å². The Morgan fingerprint density at radius 3 is 2.06 bits per heavy atom. The number of rotatable bonds is 10. The lowest BCUT2D eigenvalue weighted by Gasteiger charge is -2.25. The molecule has 0 fully saturated rings. The van der Waals surface area contributed by atoms with Gasteiger partial charge in [-0.15, -0.1) is 0 Å². The van der Waals surface area contributed by atoms with Crippen LogP contribution < -0.4 is 4.90 Å². The van der Waals surface area contributed by atoms with E-state index in [0.717, 1.165) is 11.3 Å². The van der Waals surface area contributed by atoms with E-state index in [1.54, 1.807) is 19.1 Å². The summed E-state index contributed by atoms with van der Waals surface area (Å²) in [5, 5.41) is 19.1. The largest absolute Gasteiger partial charge is 0.466 e. The molecule has 8 heteroatoms. The first kappa shape index (κ1) is 23.6. The Hall–Kier alpha value is -4.07. The van der Waals surface area contributed by atoms with E-state index in [-0.39, 0.29) is 11.7 Å². The molecule has 0 radical (unpaired) electrons. The van der Waals surface area contributed by atoms with Gasteiger partial charge in [0, 0.05) is 30.9 Å². The quantitative estimate of drug-likeness (QED) is 0.158. The first-order valence-electron chi connectivity index (χ1n) is 10.7. The van der Waals surface area contributed by atoms with Gasteiger partial charge in [0.15, 0.2) is 0 Å². The fourth-order valence-corrected chi connectivity index (χ4v) is 3.16. The van der Waals surface area contributed by atoms with Crippen LogP contribution in [0.4, 0.5) is 22.7 Å². The van der Waals surface area contributed by atoms with Crippen molar-refractivity contribution in [2.75, 3.05) is 18.1 Å². The molecule has 3 aromatic rings. The minimum Gasteiger partial charge on any atom is -0.466 e. The number of non-ortho nitro benzene ring substituents is 1. The second kappa shape index (κ2) is 11.5. The van der Waals surface area contributed by atoms with Crippen LogP contribution in [0.15, 0.2) is 83.0 Å². The van der Waals surface area contributed by atoms with E-state index in [1.807, 2.05) is 31.2 Å². The van der Waals surface area contributed by atoms with Crippen LogP contribution in [-0.4, -0.2) is 24.0 Å². The third-order valence-electron chi connectivity index (χ3n) is 4.94. The first-order chi connectivity index (χ1) is 15.9. The molecule has 0 N–H and O–H groups in total. The number of benzene rings is 3. The summed E-state index contributed by atoms with van der Waals surface area (Å²) in [6, 6.07) is 21.7. The van der Waals surface area contributed by atoms with Gasteiger partial charge in [-0.05, 0) is 55.8 Å². The number of hydrogen-bond acceptors (Lipinski definition) is 7. The molecule has 0 spiro atoms. The third-order valence-corrected chi connectivity index (χ3v) is 4.94. The van der Waals surface area contributed by atoms with E-state index in [1.165, 1.54) is 17.7 Å². The number of anilines is 1. The van der Waals surface area contributed by atoms with Gasteiger partial charge < -0.3 is 9.64 Å². The van der Waals surface area contributed by atoms with Gasteiger partial charge in [0.05, 0.1) is 29.3 Å². The highest BCUT2D eigenvalue weighted by Gasteiger charge is 2.11. The van der Waals surface area contributed by atoms with Crippen molar-refractivity contribution in [1.82, 2.24) is 0 Å². The Morgan fingerprint density at radius 2 is 1.52 bits per heavy atom. The number of hydrogen-bond donors (Lipinski definition) is 0. The summed E-state index contributed by atoms with van der Waals surface area (Å²) in [5.74, 6) is -0.222. The fourth-order valence-electron chi connectivity index (χ4n) is 3.16. The molecule has 0 aliphatic rings. The smallest absolute Gasteiger partial charge is 0.307 e. The van der Waals surface area contributed by atoms with Crippen molar-refractivity contribution in [1.29, 1.82) is 0 Å². The van der Waals surface area contributed by atoms with E-state index < -0.39 is 4.92 Å². The number of ether oxygens (including phenoxy) is 1. The number of nitrogens with zero attached hydrogens (tertiary/aromatic N) is 4. The van der Waals surface area contributed by atoms with Crippen molar-refractivity contribution >= 4 is 28.7 Å². The molecule has 0 aromatic heterocycles. The normalized spacial score (nSPS) is 10.8. The zero-order valence-electron chi connectivity index (χ0n) is 18.7. The van der Waals surface area contributed by atoms with Gasteiger partial charge in [0.25, 0.3) is 5.69 Å². The second-order valence-electron chi connectivity index (χ2n) is 7.45. The number of azo groups is 1. The van der Waals surface area contributed by atoms with Gasteiger partial charge >= 0.3 is 5.97 Å². The van der Waals surface area contributed by atoms with Crippen LogP contribution in [0, 0.1) is 17.0 Å². The highest BCUT2D eigenvalue weighted by Crippen LogP contribution is 2.25. The zero-order valence-corrected chi connectivity index (χ0v) is 18.7. The molecule has 0 bridgehead atoms. The lowest BCUT2D eigenvalue weighted by atomic mass is 10.1. The molecule has 0 saturated carbocycles. The molecule has 3 aromatic carbocycles. The SMILES string of the molecule is CCOC(=O)CCN(Cc1ccc(C)cc1)c1ccc(N=Nc2ccc([N+](=O)[O-])cc2)cc1. The van der Waals surface area contributed by atoms with Crippen LogP contribution in [-0.2, 0) is 16.1 Å². The average Bonchev–Trinajstić information content (AvgIpc) is 2.82. The van der Waals surface area contributed by atoms with Gasteiger partial charge in [-0.3, -0.25) is 14.9 Å². The molecule has 0 amide bonds. The maximum absolute atomic E-state index is 11.9. The summed E-state index contributed by atoms with van der Waals surface area (Å²) in [7, 11) is 0. The summed E-state index contributed by atoms with van der Waals surface area (Å²) < 4.78 is 5.08. The zero-order chi connectivity index (χ0) is 23.6. The number of nitro groups is 1. The highest BCUT2D eigenvalue weighted by atomic mass is 16.6. The van der Waals surface area contributed by atoms with Crippen molar-refractivity contribution in [3.05, 3.63) is 94.0 Å². The second-order valence-corrected chi connectivity index (χ2v) is 7.45. The molecule has 0 aliphatic carbocycles. The number of aryl methyl sites for hydroxylation is 1. The molecule has 170 valence electrons. The highest BCUT2D eigenvalue weighted by molar-refractivity contribution is 5.70. The van der Waals surface area contributed by atoms with E-state index in [0.29, 0.717) is 37.5 Å². The molecular formula is C25H26N4O4. The van der Waals surface area contributed by atoms with Gasteiger partial charge in [-0.2, -0.15) is 10.2 Å². The minimum atomic E-state index is -0.454. The van der Waals surface area contributed by atoms with Crippen molar-refractivity contribution in [2.45, 2.75) is 26.8 Å². The number of nitro benzene ring substituents is 1. The van der Waals surface area contributed by atoms with E-state index in [4.69, 9.17) is 4.74 Å². The lowest BCUT2D eigenvalue weighted by Crippen LogP contribution is -2.26. The molecule has 0 atom stereocenters. The van der Waals surface area contributed by atoms with E-state index in [2.05, 4.69) is 39.4 Å². The summed E-state index contributed by atoms with van der Waals surface area (Å²) in [5.41, 5.74) is 4.48. The Labute approximate surface area is 192 Å². The standard InChI is InChI=1S/C25H26N4O4/c1-3-33-25(30)16-17-28(18-20-6-4-19(2)5-7-20)23-12-8-21(9-13-23)26-27-22-10-14-24(15-11-22)29(31)32/h4-15H,3,16-18H2,1-2H3. The molecule has 0 aliphatic heterocycles. The van der Waals surface area contributed by atoms with Crippen LogP contribution >= 0.6 is 0 Å². The Bertz CT molecular complexity index is 1090. The number of esters is 1. The van der Waals surface area contributed by atoms with Crippen LogP contribution in [0.5, 0.6) is 0 Å². The molecule has 0 saturated heterocycles. The third kappa shape index (κ3) is 7.24. The summed E-state index contributed by atoms with van der Waals surface area (Å²) >= 11 is 0. The average molecular weight is 447 g/mol. The van der Waals surface area contributed by atoms with Crippen molar-refractivity contribution in [2.24, 2.45) is 10.2 Å². The minimum absolute atomic E-state index is 0.00906. The van der Waals surface area contributed by atoms with Crippen molar-refractivity contribution in [3.63, 3.8) is 0 Å². The molecule has 0 unspecified atom stereocenters. The van der Waals surface area contributed by atoms with Crippen LogP contribution in [0.3, 0.4) is 0 Å². The van der Waals surface area contributed by atoms with Crippen LogP contribution in [0.1, 0.15) is 24.5 Å². The Balaban J connectivity index is 1.72. The molecule has 0 heterocycles. The van der Waals surface area contributed by atoms with Crippen LogP contribution in [0.25, 0.3) is 0 Å². The molecule has 8 nitrogen and oxygen atoms in total. The predicted molar refractivity (Wildman–Crippen MR) is 127 cm³/mol. The van der Waals surface area contributed by atoms with Gasteiger partial charge in [0.1, 0.15) is 0 Å².